The lowest BCUT2D eigenvalue weighted by atomic mass is 10.0. The number of benzene rings is 2. The van der Waals surface area contributed by atoms with E-state index in [4.69, 9.17) is 10.2 Å². The number of aromatic amines is 1. The van der Waals surface area contributed by atoms with E-state index in [1.54, 1.807) is 12.5 Å². The minimum Gasteiger partial charge on any atom is -0.467 e. The Morgan fingerprint density at radius 3 is 2.60 bits per heavy atom. The fraction of sp³-hybridized carbons (Fsp3) is 0.154. The SMILES string of the molecule is NC(=O)CCc1nnc(SC(C(=O)c2c[nH]c3ccccc23)c2ccccc2)n1Cc1ccco1. The van der Waals surface area contributed by atoms with Gasteiger partial charge < -0.3 is 15.1 Å². The van der Waals surface area contributed by atoms with E-state index in [2.05, 4.69) is 15.2 Å². The van der Waals surface area contributed by atoms with Gasteiger partial charge in [0, 0.05) is 35.5 Å². The second-order valence-corrected chi connectivity index (χ2v) is 9.12. The number of nitrogens with zero attached hydrogens (tertiary/aromatic N) is 3. The molecule has 0 aliphatic rings. The van der Waals surface area contributed by atoms with Crippen LogP contribution in [-0.2, 0) is 17.8 Å². The summed E-state index contributed by atoms with van der Waals surface area (Å²) < 4.78 is 7.42. The Hall–Kier alpha value is -4.11. The lowest BCUT2D eigenvalue weighted by Gasteiger charge is -2.16. The first-order chi connectivity index (χ1) is 17.1. The third-order valence-corrected chi connectivity index (χ3v) is 6.94. The summed E-state index contributed by atoms with van der Waals surface area (Å²) in [7, 11) is 0. The molecule has 176 valence electrons. The molecule has 0 radical (unpaired) electrons. The number of rotatable bonds is 10. The molecule has 2 aromatic carbocycles. The Bertz CT molecular complexity index is 1460. The third-order valence-electron chi connectivity index (χ3n) is 5.70. The van der Waals surface area contributed by atoms with Gasteiger partial charge in [0.15, 0.2) is 10.9 Å². The van der Waals surface area contributed by atoms with Gasteiger partial charge >= 0.3 is 0 Å². The number of H-pyrrole nitrogens is 1. The number of aryl methyl sites for hydroxylation is 1. The average molecular weight is 486 g/mol. The Labute approximate surface area is 205 Å². The van der Waals surface area contributed by atoms with E-state index in [9.17, 15) is 9.59 Å². The summed E-state index contributed by atoms with van der Waals surface area (Å²) in [6.45, 7) is 0.374. The van der Waals surface area contributed by atoms with Crippen LogP contribution in [0, 0.1) is 0 Å². The maximum Gasteiger partial charge on any atom is 0.217 e. The number of carbonyl (C=O) groups excluding carboxylic acids is 2. The molecule has 0 fully saturated rings. The summed E-state index contributed by atoms with van der Waals surface area (Å²) in [5.74, 6) is 0.869. The van der Waals surface area contributed by atoms with Crippen LogP contribution in [0.25, 0.3) is 10.9 Å². The van der Waals surface area contributed by atoms with Gasteiger partial charge in [-0.1, -0.05) is 60.3 Å². The van der Waals surface area contributed by atoms with E-state index in [0.29, 0.717) is 35.3 Å². The molecule has 5 rings (SSSR count). The molecule has 1 amide bonds. The van der Waals surface area contributed by atoms with Gasteiger partial charge in [-0.3, -0.25) is 14.2 Å². The number of nitrogens with two attached hydrogens (primary N) is 1. The Morgan fingerprint density at radius 1 is 1.03 bits per heavy atom. The molecule has 0 saturated carbocycles. The highest BCUT2D eigenvalue weighted by Gasteiger charge is 2.28. The molecule has 8 nitrogen and oxygen atoms in total. The van der Waals surface area contributed by atoms with Crippen molar-refractivity contribution in [3.63, 3.8) is 0 Å². The van der Waals surface area contributed by atoms with Gasteiger partial charge in [-0.15, -0.1) is 10.2 Å². The summed E-state index contributed by atoms with van der Waals surface area (Å²) in [4.78, 5) is 28.5. The van der Waals surface area contributed by atoms with Crippen LogP contribution >= 0.6 is 11.8 Å². The summed E-state index contributed by atoms with van der Waals surface area (Å²) in [6, 6.07) is 21.0. The topological polar surface area (TPSA) is 120 Å². The zero-order valence-electron chi connectivity index (χ0n) is 18.8. The van der Waals surface area contributed by atoms with Crippen LogP contribution < -0.4 is 5.73 Å². The molecule has 1 atom stereocenters. The number of Topliss-reactive ketones (excluding diaryl/α,β-unsaturated/α-hetero) is 1. The molecular formula is C26H23N5O3S. The number of thioether (sulfide) groups is 1. The lowest BCUT2D eigenvalue weighted by molar-refractivity contribution is -0.118. The fourth-order valence-corrected chi connectivity index (χ4v) is 5.09. The zero-order valence-corrected chi connectivity index (χ0v) is 19.6. The average Bonchev–Trinajstić information content (AvgIpc) is 3.62. The van der Waals surface area contributed by atoms with Gasteiger partial charge in [0.25, 0.3) is 0 Å². The van der Waals surface area contributed by atoms with Crippen molar-refractivity contribution >= 4 is 34.4 Å². The lowest BCUT2D eigenvalue weighted by Crippen LogP contribution is -2.15. The van der Waals surface area contributed by atoms with E-state index in [0.717, 1.165) is 16.5 Å². The maximum atomic E-state index is 13.9. The first-order valence-electron chi connectivity index (χ1n) is 11.1. The highest BCUT2D eigenvalue weighted by atomic mass is 32.2. The first kappa shape index (κ1) is 22.7. The molecule has 0 bridgehead atoms. The minimum absolute atomic E-state index is 0.0371. The molecule has 0 saturated heterocycles. The van der Waals surface area contributed by atoms with Crippen LogP contribution in [0.15, 0.2) is 88.8 Å². The van der Waals surface area contributed by atoms with E-state index in [-0.39, 0.29) is 12.2 Å². The van der Waals surface area contributed by atoms with Crippen LogP contribution in [0.5, 0.6) is 0 Å². The minimum atomic E-state index is -0.557. The van der Waals surface area contributed by atoms with Crippen LogP contribution in [-0.4, -0.2) is 31.4 Å². The van der Waals surface area contributed by atoms with Gasteiger partial charge in [-0.05, 0) is 23.8 Å². The van der Waals surface area contributed by atoms with Crippen LogP contribution in [0.4, 0.5) is 0 Å². The number of hydrogen-bond donors (Lipinski definition) is 2. The number of nitrogens with one attached hydrogen (secondary N) is 1. The third kappa shape index (κ3) is 4.90. The van der Waals surface area contributed by atoms with Crippen molar-refractivity contribution in [1.29, 1.82) is 0 Å². The standard InChI is InChI=1S/C26H23N5O3S/c27-22(32)12-13-23-29-30-26(31(23)16-18-9-6-14-34-18)35-25(17-7-2-1-3-8-17)24(33)20-15-28-21-11-5-4-10-19(20)21/h1-11,14-15,25,28H,12-13,16H2,(H2,27,32). The molecule has 9 heteroatoms. The maximum absolute atomic E-state index is 13.9. The molecule has 0 spiro atoms. The van der Waals surface area contributed by atoms with Crippen molar-refractivity contribution in [1.82, 2.24) is 19.7 Å². The molecule has 0 aliphatic heterocycles. The highest BCUT2D eigenvalue weighted by molar-refractivity contribution is 8.00. The number of primary amides is 1. The predicted molar refractivity (Wildman–Crippen MR) is 133 cm³/mol. The number of aromatic nitrogens is 4. The number of amides is 1. The van der Waals surface area contributed by atoms with Crippen molar-refractivity contribution in [2.45, 2.75) is 29.8 Å². The molecule has 5 aromatic rings. The summed E-state index contributed by atoms with van der Waals surface area (Å²) in [6.07, 6.45) is 3.85. The molecular weight excluding hydrogens is 462 g/mol. The van der Waals surface area contributed by atoms with Gasteiger partial charge in [-0.2, -0.15) is 0 Å². The number of fused-ring (bicyclic) bond motifs is 1. The Balaban J connectivity index is 1.53. The van der Waals surface area contributed by atoms with Gasteiger partial charge in [0.05, 0.1) is 12.8 Å². The molecule has 3 N–H and O–H groups in total. The van der Waals surface area contributed by atoms with E-state index in [1.165, 1.54) is 11.8 Å². The first-order valence-corrected chi connectivity index (χ1v) is 12.0. The van der Waals surface area contributed by atoms with Crippen LogP contribution in [0.2, 0.25) is 0 Å². The zero-order chi connectivity index (χ0) is 24.2. The van der Waals surface area contributed by atoms with E-state index < -0.39 is 11.2 Å². The Morgan fingerprint density at radius 2 is 1.83 bits per heavy atom. The smallest absolute Gasteiger partial charge is 0.217 e. The van der Waals surface area contributed by atoms with Crippen LogP contribution in [0.1, 0.15) is 39.2 Å². The number of furan rings is 1. The largest absolute Gasteiger partial charge is 0.467 e. The number of hydrogen-bond acceptors (Lipinski definition) is 6. The van der Waals surface area contributed by atoms with Gasteiger partial charge in [0.2, 0.25) is 5.91 Å². The van der Waals surface area contributed by atoms with E-state index in [1.807, 2.05) is 71.3 Å². The summed E-state index contributed by atoms with van der Waals surface area (Å²) in [5, 5.41) is 9.58. The van der Waals surface area contributed by atoms with Crippen molar-refractivity contribution in [2.24, 2.45) is 5.73 Å². The molecule has 3 heterocycles. The second kappa shape index (κ2) is 10.0. The predicted octanol–water partition coefficient (Wildman–Crippen LogP) is 4.53. The van der Waals surface area contributed by atoms with Gasteiger partial charge in [-0.25, -0.2) is 0 Å². The molecule has 1 unspecified atom stereocenters. The van der Waals surface area contributed by atoms with Crippen molar-refractivity contribution in [3.05, 3.63) is 102 Å². The highest BCUT2D eigenvalue weighted by Crippen LogP contribution is 2.39. The Kier molecular flexibility index (Phi) is 6.49. The van der Waals surface area contributed by atoms with Crippen molar-refractivity contribution < 1.29 is 14.0 Å². The number of para-hydroxylation sites is 1. The monoisotopic (exact) mass is 485 g/mol. The molecule has 3 aromatic heterocycles. The summed E-state index contributed by atoms with van der Waals surface area (Å²) >= 11 is 1.33. The fourth-order valence-electron chi connectivity index (χ4n) is 3.97. The van der Waals surface area contributed by atoms with E-state index >= 15 is 0 Å². The van der Waals surface area contributed by atoms with Crippen molar-refractivity contribution in [2.75, 3.05) is 0 Å². The van der Waals surface area contributed by atoms with Crippen LogP contribution in [0.3, 0.4) is 0 Å². The molecule has 0 aliphatic carbocycles. The molecule has 35 heavy (non-hydrogen) atoms. The quantitative estimate of drug-likeness (QED) is 0.221. The second-order valence-electron chi connectivity index (χ2n) is 8.05. The summed E-state index contributed by atoms with van der Waals surface area (Å²) in [5.41, 5.74) is 7.75. The number of ketones is 1. The normalized spacial score (nSPS) is 12.1. The van der Waals surface area contributed by atoms with Gasteiger partial charge in [0.1, 0.15) is 16.8 Å². The van der Waals surface area contributed by atoms with Crippen molar-refractivity contribution in [3.8, 4) is 0 Å². The number of carbonyl (C=O) groups is 2.